The van der Waals surface area contributed by atoms with E-state index in [2.05, 4.69) is 15.6 Å². The molecular weight excluding hydrogens is 535 g/mol. The normalized spacial score (nSPS) is 11.5. The number of amides is 2. The van der Waals surface area contributed by atoms with E-state index in [1.54, 1.807) is 13.2 Å². The van der Waals surface area contributed by atoms with Crippen molar-refractivity contribution in [3.63, 3.8) is 0 Å². The molecule has 0 bridgehead atoms. The van der Waals surface area contributed by atoms with Crippen LogP contribution in [0.5, 0.6) is 5.75 Å². The molecule has 190 valence electrons. The summed E-state index contributed by atoms with van der Waals surface area (Å²) in [5, 5.41) is 9.74. The lowest BCUT2D eigenvalue weighted by molar-refractivity contribution is -0.115. The molecule has 0 saturated carbocycles. The van der Waals surface area contributed by atoms with Crippen molar-refractivity contribution in [3.05, 3.63) is 112 Å². The second-order valence-corrected chi connectivity index (χ2v) is 11.1. The molecule has 0 aliphatic carbocycles. The molecule has 0 saturated heterocycles. The molecule has 2 aromatic heterocycles. The fourth-order valence-electron chi connectivity index (χ4n) is 3.65. The molecule has 0 radical (unpaired) electrons. The molecule has 2 heterocycles. The third-order valence-electron chi connectivity index (χ3n) is 5.57. The highest BCUT2D eigenvalue weighted by molar-refractivity contribution is 8.00. The summed E-state index contributed by atoms with van der Waals surface area (Å²) in [6.07, 6.45) is 0. The first-order valence-corrected chi connectivity index (χ1v) is 14.3. The van der Waals surface area contributed by atoms with Gasteiger partial charge in [0.1, 0.15) is 11.0 Å². The largest absolute Gasteiger partial charge is 0.497 e. The Labute approximate surface area is 232 Å². The van der Waals surface area contributed by atoms with E-state index in [1.807, 2.05) is 95.7 Å². The number of rotatable bonds is 9. The van der Waals surface area contributed by atoms with Crippen molar-refractivity contribution in [2.24, 2.45) is 0 Å². The zero-order chi connectivity index (χ0) is 26.3. The van der Waals surface area contributed by atoms with Crippen LogP contribution in [0.15, 0.2) is 107 Å². The lowest BCUT2D eigenvalue weighted by Crippen LogP contribution is -2.19. The van der Waals surface area contributed by atoms with Gasteiger partial charge in [-0.25, -0.2) is 4.98 Å². The first-order valence-electron chi connectivity index (χ1n) is 11.7. The molecule has 2 N–H and O–H groups in total. The summed E-state index contributed by atoms with van der Waals surface area (Å²) < 4.78 is 5.22. The number of hydrogen-bond acceptors (Lipinski definition) is 7. The number of methoxy groups -OCH3 is 1. The van der Waals surface area contributed by atoms with Crippen molar-refractivity contribution >= 4 is 57.1 Å². The van der Waals surface area contributed by atoms with Gasteiger partial charge in [0.2, 0.25) is 5.91 Å². The van der Waals surface area contributed by atoms with E-state index in [-0.39, 0.29) is 11.8 Å². The predicted octanol–water partition coefficient (Wildman–Crippen LogP) is 7.60. The third-order valence-corrected chi connectivity index (χ3v) is 8.46. The lowest BCUT2D eigenvalue weighted by Gasteiger charge is -2.16. The van der Waals surface area contributed by atoms with Crippen LogP contribution in [0.3, 0.4) is 0 Å². The second kappa shape index (κ2) is 12.1. The van der Waals surface area contributed by atoms with E-state index in [0.717, 1.165) is 27.5 Å². The second-order valence-electron chi connectivity index (χ2n) is 8.12. The number of carbonyl (C=O) groups is 2. The van der Waals surface area contributed by atoms with E-state index in [0.29, 0.717) is 15.7 Å². The van der Waals surface area contributed by atoms with Crippen LogP contribution in [0.1, 0.15) is 20.5 Å². The van der Waals surface area contributed by atoms with Gasteiger partial charge in [0.05, 0.1) is 17.7 Å². The predicted molar refractivity (Wildman–Crippen MR) is 156 cm³/mol. The van der Waals surface area contributed by atoms with Crippen LogP contribution in [0.25, 0.3) is 11.3 Å². The van der Waals surface area contributed by atoms with Gasteiger partial charge in [-0.2, -0.15) is 0 Å². The van der Waals surface area contributed by atoms with E-state index < -0.39 is 5.25 Å². The van der Waals surface area contributed by atoms with Crippen LogP contribution in [-0.4, -0.2) is 23.9 Å². The number of ether oxygens (including phenoxy) is 1. The topological polar surface area (TPSA) is 80.3 Å². The number of thiophene rings is 1. The van der Waals surface area contributed by atoms with Gasteiger partial charge in [0.15, 0.2) is 5.13 Å². The van der Waals surface area contributed by atoms with Gasteiger partial charge in [0.25, 0.3) is 5.91 Å². The number of thiazole rings is 1. The Morgan fingerprint density at radius 1 is 0.868 bits per heavy atom. The Kier molecular flexibility index (Phi) is 8.18. The first kappa shape index (κ1) is 25.7. The fraction of sp³-hybridized carbons (Fsp3) is 0.0690. The molecule has 38 heavy (non-hydrogen) atoms. The number of benzene rings is 3. The van der Waals surface area contributed by atoms with Crippen LogP contribution < -0.4 is 15.4 Å². The summed E-state index contributed by atoms with van der Waals surface area (Å²) in [7, 11) is 1.63. The average molecular weight is 558 g/mol. The van der Waals surface area contributed by atoms with Crippen LogP contribution in [-0.2, 0) is 4.79 Å². The van der Waals surface area contributed by atoms with E-state index in [9.17, 15) is 9.59 Å². The van der Waals surface area contributed by atoms with Crippen molar-refractivity contribution in [2.45, 2.75) is 10.1 Å². The van der Waals surface area contributed by atoms with Crippen molar-refractivity contribution in [2.75, 3.05) is 17.7 Å². The molecule has 9 heteroatoms. The summed E-state index contributed by atoms with van der Waals surface area (Å²) in [5.74, 6) is 0.476. The Morgan fingerprint density at radius 3 is 2.32 bits per heavy atom. The fourth-order valence-corrected chi connectivity index (χ4v) is 6.02. The SMILES string of the molecule is COc1ccc(-c2csc(NC(=O)C(Sc3ccc(NC(=O)c4cccs4)cc3)c3ccccc3)n2)cc1. The molecule has 0 spiro atoms. The van der Waals surface area contributed by atoms with Crippen LogP contribution in [0, 0.1) is 0 Å². The minimum atomic E-state index is -0.490. The summed E-state index contributed by atoms with van der Waals surface area (Å²) >= 11 is 4.22. The van der Waals surface area contributed by atoms with E-state index in [4.69, 9.17) is 4.74 Å². The van der Waals surface area contributed by atoms with Crippen molar-refractivity contribution in [1.29, 1.82) is 0 Å². The molecule has 0 aliphatic rings. The molecule has 3 aromatic carbocycles. The van der Waals surface area contributed by atoms with Gasteiger partial charge in [-0.3, -0.25) is 9.59 Å². The number of aromatic nitrogens is 1. The molecule has 5 aromatic rings. The number of hydrogen-bond donors (Lipinski definition) is 2. The number of anilines is 2. The van der Waals surface area contributed by atoms with Gasteiger partial charge >= 0.3 is 0 Å². The Bertz CT molecular complexity index is 1500. The number of nitrogens with one attached hydrogen (secondary N) is 2. The Balaban J connectivity index is 1.29. The zero-order valence-corrected chi connectivity index (χ0v) is 22.7. The van der Waals surface area contributed by atoms with E-state index in [1.165, 1.54) is 34.4 Å². The van der Waals surface area contributed by atoms with E-state index >= 15 is 0 Å². The number of carbonyl (C=O) groups excluding carboxylic acids is 2. The molecule has 1 unspecified atom stereocenters. The molecule has 0 fully saturated rings. The van der Waals surface area contributed by atoms with Crippen LogP contribution in [0.2, 0.25) is 0 Å². The van der Waals surface area contributed by atoms with Crippen molar-refractivity contribution < 1.29 is 14.3 Å². The minimum Gasteiger partial charge on any atom is -0.497 e. The maximum Gasteiger partial charge on any atom is 0.265 e. The Hall–Kier alpha value is -3.92. The number of thioether (sulfide) groups is 1. The van der Waals surface area contributed by atoms with Crippen molar-refractivity contribution in [3.8, 4) is 17.0 Å². The zero-order valence-electron chi connectivity index (χ0n) is 20.3. The molecule has 5 rings (SSSR count). The number of nitrogens with zero attached hydrogens (tertiary/aromatic N) is 1. The van der Waals surface area contributed by atoms with Crippen LogP contribution >= 0.6 is 34.4 Å². The van der Waals surface area contributed by atoms with Gasteiger partial charge in [-0.05, 0) is 65.5 Å². The molecule has 1 atom stereocenters. The quantitative estimate of drug-likeness (QED) is 0.182. The highest BCUT2D eigenvalue weighted by atomic mass is 32.2. The monoisotopic (exact) mass is 557 g/mol. The summed E-state index contributed by atoms with van der Waals surface area (Å²) in [6, 6.07) is 28.4. The Morgan fingerprint density at radius 2 is 1.63 bits per heavy atom. The molecule has 6 nitrogen and oxygen atoms in total. The van der Waals surface area contributed by atoms with Crippen LogP contribution in [0.4, 0.5) is 10.8 Å². The minimum absolute atomic E-state index is 0.139. The molecule has 0 aliphatic heterocycles. The lowest BCUT2D eigenvalue weighted by atomic mass is 10.1. The maximum absolute atomic E-state index is 13.5. The van der Waals surface area contributed by atoms with Gasteiger partial charge < -0.3 is 15.4 Å². The molecule has 2 amide bonds. The summed E-state index contributed by atoms with van der Waals surface area (Å²) in [6.45, 7) is 0. The first-order chi connectivity index (χ1) is 18.6. The van der Waals surface area contributed by atoms with Gasteiger partial charge in [-0.1, -0.05) is 36.4 Å². The summed E-state index contributed by atoms with van der Waals surface area (Å²) in [5.41, 5.74) is 3.32. The highest BCUT2D eigenvalue weighted by Crippen LogP contribution is 2.37. The summed E-state index contributed by atoms with van der Waals surface area (Å²) in [4.78, 5) is 32.0. The smallest absolute Gasteiger partial charge is 0.265 e. The van der Waals surface area contributed by atoms with Crippen molar-refractivity contribution in [1.82, 2.24) is 4.98 Å². The van der Waals surface area contributed by atoms with Gasteiger partial charge in [-0.15, -0.1) is 34.4 Å². The van der Waals surface area contributed by atoms with Gasteiger partial charge in [0, 0.05) is 21.5 Å². The standard InChI is InChI=1S/C29H23N3O3S3/c1-35-22-13-9-19(10-14-22)24-18-37-29(31-24)32-28(34)26(20-6-3-2-4-7-20)38-23-15-11-21(12-16-23)30-27(33)25-8-5-17-36-25/h2-18,26H,1H3,(H,30,33)(H,31,32,34). The average Bonchev–Trinajstić information content (AvgIpc) is 3.66. The third kappa shape index (κ3) is 6.31. The molecular formula is C29H23N3O3S3. The maximum atomic E-state index is 13.5. The highest BCUT2D eigenvalue weighted by Gasteiger charge is 2.23.